The van der Waals surface area contributed by atoms with Gasteiger partial charge in [0, 0.05) is 6.54 Å². The van der Waals surface area contributed by atoms with Gasteiger partial charge in [0.15, 0.2) is 17.7 Å². The number of aliphatic hydroxyl groups excluding tert-OH is 1. The van der Waals surface area contributed by atoms with Gasteiger partial charge in [0.2, 0.25) is 0 Å². The van der Waals surface area contributed by atoms with E-state index in [2.05, 4.69) is 5.32 Å². The molecule has 1 heterocycles. The fraction of sp³-hybridized carbons (Fsp3) is 0.500. The van der Waals surface area contributed by atoms with E-state index < -0.39 is 18.0 Å². The van der Waals surface area contributed by atoms with Crippen LogP contribution < -0.4 is 10.1 Å². The monoisotopic (exact) mass is 267 g/mol. The third-order valence-corrected chi connectivity index (χ3v) is 3.19. The number of hydrogen-bond donors (Lipinski definition) is 2. The Hall–Kier alpha value is -1.62. The maximum Gasteiger partial charge on any atom is 0.261 e. The summed E-state index contributed by atoms with van der Waals surface area (Å²) in [5.41, 5.74) is 0.482. The van der Waals surface area contributed by atoms with Gasteiger partial charge in [-0.05, 0) is 43.9 Å². The van der Waals surface area contributed by atoms with Gasteiger partial charge in [-0.1, -0.05) is 6.07 Å². The lowest BCUT2D eigenvalue weighted by Crippen LogP contribution is -2.36. The fourth-order valence-electron chi connectivity index (χ4n) is 2.05. The third kappa shape index (κ3) is 3.44. The Morgan fingerprint density at radius 1 is 1.47 bits per heavy atom. The van der Waals surface area contributed by atoms with E-state index in [4.69, 9.17) is 4.74 Å². The van der Waals surface area contributed by atoms with E-state index in [9.17, 15) is 14.3 Å². The lowest BCUT2D eigenvalue weighted by Gasteiger charge is -2.17. The second-order valence-corrected chi connectivity index (χ2v) is 4.76. The van der Waals surface area contributed by atoms with Crippen molar-refractivity contribution in [1.29, 1.82) is 0 Å². The largest absolute Gasteiger partial charge is 0.478 e. The molecule has 5 heteroatoms. The highest BCUT2D eigenvalue weighted by Crippen LogP contribution is 2.24. The Bertz CT molecular complexity index is 462. The van der Waals surface area contributed by atoms with Gasteiger partial charge in [-0.25, -0.2) is 4.39 Å². The molecule has 2 atom stereocenters. The minimum Gasteiger partial charge on any atom is -0.478 e. The summed E-state index contributed by atoms with van der Waals surface area (Å²) in [6.07, 6.45) is 0.994. The first kappa shape index (κ1) is 13.8. The van der Waals surface area contributed by atoms with Crippen molar-refractivity contribution in [2.75, 3.05) is 6.54 Å². The van der Waals surface area contributed by atoms with Crippen molar-refractivity contribution in [1.82, 2.24) is 5.32 Å². The zero-order valence-electron chi connectivity index (χ0n) is 10.9. The number of benzene rings is 1. The van der Waals surface area contributed by atoms with Crippen LogP contribution in [0.3, 0.4) is 0 Å². The molecule has 104 valence electrons. The lowest BCUT2D eigenvalue weighted by atomic mass is 10.1. The van der Waals surface area contributed by atoms with E-state index in [1.807, 2.05) is 0 Å². The van der Waals surface area contributed by atoms with E-state index in [-0.39, 0.29) is 11.7 Å². The minimum atomic E-state index is -0.732. The van der Waals surface area contributed by atoms with Crippen LogP contribution in [-0.2, 0) is 4.79 Å². The molecule has 1 aliphatic rings. The van der Waals surface area contributed by atoms with Gasteiger partial charge in [0.25, 0.3) is 5.91 Å². The highest BCUT2D eigenvalue weighted by molar-refractivity contribution is 5.81. The summed E-state index contributed by atoms with van der Waals surface area (Å²) >= 11 is 0. The number of hydrogen-bond acceptors (Lipinski definition) is 3. The zero-order chi connectivity index (χ0) is 13.8. The maximum atomic E-state index is 13.8. The number of halogens is 1. The summed E-state index contributed by atoms with van der Waals surface area (Å²) in [5.74, 6) is -0.710. The molecule has 2 N–H and O–H groups in total. The number of ether oxygens (including phenoxy) is 1. The molecule has 1 unspecified atom stereocenters. The van der Waals surface area contributed by atoms with Gasteiger partial charge in [-0.2, -0.15) is 0 Å². The number of rotatable bonds is 3. The highest BCUT2D eigenvalue weighted by Gasteiger charge is 2.23. The predicted molar refractivity (Wildman–Crippen MR) is 68.3 cm³/mol. The van der Waals surface area contributed by atoms with E-state index in [0.717, 1.165) is 12.8 Å². The molecule has 2 rings (SSSR count). The van der Waals surface area contributed by atoms with Crippen molar-refractivity contribution < 1.29 is 19.0 Å². The van der Waals surface area contributed by atoms with Gasteiger partial charge < -0.3 is 15.2 Å². The minimum absolute atomic E-state index is 0.0476. The fourth-order valence-corrected chi connectivity index (χ4v) is 2.05. The number of aliphatic hydroxyl groups is 1. The molecule has 4 nitrogen and oxygen atoms in total. The number of amides is 1. The molecule has 0 saturated carbocycles. The normalized spacial score (nSPS) is 21.4. The van der Waals surface area contributed by atoms with Crippen LogP contribution in [0.2, 0.25) is 0 Å². The summed E-state index contributed by atoms with van der Waals surface area (Å²) in [4.78, 5) is 11.7. The van der Waals surface area contributed by atoms with Crippen LogP contribution in [0.25, 0.3) is 0 Å². The summed E-state index contributed by atoms with van der Waals surface area (Å²) < 4.78 is 19.3. The van der Waals surface area contributed by atoms with E-state index >= 15 is 0 Å². The Labute approximate surface area is 111 Å². The second-order valence-electron chi connectivity index (χ2n) is 4.76. The average Bonchev–Trinajstić information content (AvgIpc) is 2.57. The molecule has 0 aliphatic carbocycles. The van der Waals surface area contributed by atoms with Crippen LogP contribution in [0.1, 0.15) is 37.9 Å². The number of carbonyl (C=O) groups is 1. The van der Waals surface area contributed by atoms with E-state index in [1.165, 1.54) is 12.1 Å². The first-order chi connectivity index (χ1) is 9.08. The SMILES string of the molecule is C[C@H](O)c1ccc(OC2CCCCNC2=O)c(F)c1. The first-order valence-electron chi connectivity index (χ1n) is 6.50. The molecule has 0 radical (unpaired) electrons. The number of nitrogens with one attached hydrogen (secondary N) is 1. The van der Waals surface area contributed by atoms with Crippen molar-refractivity contribution in [2.24, 2.45) is 0 Å². The summed E-state index contributed by atoms with van der Waals surface area (Å²) in [6, 6.07) is 4.28. The van der Waals surface area contributed by atoms with Crippen LogP contribution in [-0.4, -0.2) is 23.7 Å². The quantitative estimate of drug-likeness (QED) is 0.879. The van der Waals surface area contributed by atoms with Crippen LogP contribution in [0, 0.1) is 5.82 Å². The van der Waals surface area contributed by atoms with Crippen LogP contribution in [0.4, 0.5) is 4.39 Å². The van der Waals surface area contributed by atoms with Crippen molar-refractivity contribution in [3.05, 3.63) is 29.6 Å². The molecule has 0 spiro atoms. The summed E-state index contributed by atoms with van der Waals surface area (Å²) in [6.45, 7) is 2.20. The molecule has 1 amide bonds. The van der Waals surface area contributed by atoms with Gasteiger partial charge >= 0.3 is 0 Å². The molecule has 1 aliphatic heterocycles. The van der Waals surface area contributed by atoms with Crippen molar-refractivity contribution in [3.63, 3.8) is 0 Å². The Kier molecular flexibility index (Phi) is 4.37. The molecule has 0 bridgehead atoms. The molecule has 1 aromatic rings. The molecular weight excluding hydrogens is 249 g/mol. The summed E-state index contributed by atoms with van der Waals surface area (Å²) in [7, 11) is 0. The number of carbonyl (C=O) groups excluding carboxylic acids is 1. The molecule has 1 aromatic carbocycles. The Morgan fingerprint density at radius 3 is 2.95 bits per heavy atom. The van der Waals surface area contributed by atoms with E-state index in [0.29, 0.717) is 18.5 Å². The van der Waals surface area contributed by atoms with Gasteiger partial charge in [0.1, 0.15) is 0 Å². The standard InChI is InChI=1S/C14H18FNO3/c1-9(17)10-5-6-12(11(15)8-10)19-13-4-2-3-7-16-14(13)18/h5-6,8-9,13,17H,2-4,7H2,1H3,(H,16,18)/t9-,13?/m0/s1. The molecule has 1 saturated heterocycles. The zero-order valence-corrected chi connectivity index (χ0v) is 10.9. The first-order valence-corrected chi connectivity index (χ1v) is 6.50. The topological polar surface area (TPSA) is 58.6 Å². The predicted octanol–water partition coefficient (Wildman–Crippen LogP) is 1.93. The van der Waals surface area contributed by atoms with Gasteiger partial charge in [-0.15, -0.1) is 0 Å². The molecular formula is C14H18FNO3. The van der Waals surface area contributed by atoms with Crippen LogP contribution in [0.5, 0.6) is 5.75 Å². The second kappa shape index (κ2) is 6.02. The van der Waals surface area contributed by atoms with Gasteiger partial charge in [-0.3, -0.25) is 4.79 Å². The molecule has 0 aromatic heterocycles. The maximum absolute atomic E-state index is 13.8. The highest BCUT2D eigenvalue weighted by atomic mass is 19.1. The van der Waals surface area contributed by atoms with Gasteiger partial charge in [0.05, 0.1) is 6.10 Å². The smallest absolute Gasteiger partial charge is 0.261 e. The van der Waals surface area contributed by atoms with Crippen molar-refractivity contribution >= 4 is 5.91 Å². The lowest BCUT2D eigenvalue weighted by molar-refractivity contribution is -0.127. The van der Waals surface area contributed by atoms with Crippen LogP contribution >= 0.6 is 0 Å². The van der Waals surface area contributed by atoms with Crippen molar-refractivity contribution in [2.45, 2.75) is 38.4 Å². The molecule has 19 heavy (non-hydrogen) atoms. The summed E-state index contributed by atoms with van der Waals surface area (Å²) in [5, 5.41) is 12.1. The average molecular weight is 267 g/mol. The van der Waals surface area contributed by atoms with Crippen molar-refractivity contribution in [3.8, 4) is 5.75 Å². The Balaban J connectivity index is 2.11. The van der Waals surface area contributed by atoms with E-state index in [1.54, 1.807) is 13.0 Å². The third-order valence-electron chi connectivity index (χ3n) is 3.19. The Morgan fingerprint density at radius 2 is 2.26 bits per heavy atom. The molecule has 1 fully saturated rings. The van der Waals surface area contributed by atoms with Crippen LogP contribution in [0.15, 0.2) is 18.2 Å².